The van der Waals surface area contributed by atoms with Crippen LogP contribution in [0.4, 0.5) is 11.4 Å². The molecule has 0 aromatic heterocycles. The van der Waals surface area contributed by atoms with Gasteiger partial charge in [-0.15, -0.1) is 0 Å². The van der Waals surface area contributed by atoms with E-state index < -0.39 is 0 Å². The number of anilines is 1. The number of fused-ring (bicyclic) bond motifs is 3. The Kier molecular flexibility index (Phi) is 4.77. The van der Waals surface area contributed by atoms with Gasteiger partial charge in [0.2, 0.25) is 0 Å². The summed E-state index contributed by atoms with van der Waals surface area (Å²) >= 11 is 0. The molecule has 0 radical (unpaired) electrons. The van der Waals surface area contributed by atoms with Gasteiger partial charge in [-0.3, -0.25) is 14.9 Å². The number of amides is 1. The summed E-state index contributed by atoms with van der Waals surface area (Å²) in [7, 11) is 0. The van der Waals surface area contributed by atoms with E-state index in [1.165, 1.54) is 12.0 Å². The van der Waals surface area contributed by atoms with Gasteiger partial charge in [0, 0.05) is 31.1 Å². The highest BCUT2D eigenvalue weighted by molar-refractivity contribution is 6.01. The fourth-order valence-corrected chi connectivity index (χ4v) is 5.20. The van der Waals surface area contributed by atoms with E-state index in [1.54, 1.807) is 12.1 Å². The van der Waals surface area contributed by atoms with Crippen LogP contribution in [0.15, 0.2) is 54.6 Å². The van der Waals surface area contributed by atoms with Crippen LogP contribution < -0.4 is 5.32 Å². The van der Waals surface area contributed by atoms with Gasteiger partial charge in [-0.2, -0.15) is 0 Å². The third-order valence-electron chi connectivity index (χ3n) is 6.73. The number of para-hydroxylation sites is 1. The summed E-state index contributed by atoms with van der Waals surface area (Å²) in [5.41, 5.74) is 3.95. The minimum absolute atomic E-state index is 0.00797. The number of piperidine rings is 1. The average Bonchev–Trinajstić information content (AvgIpc) is 3.28. The van der Waals surface area contributed by atoms with Crippen molar-refractivity contribution in [3.63, 3.8) is 0 Å². The second kappa shape index (κ2) is 7.59. The molecule has 2 aromatic carbocycles. The number of hydrogen-bond donors (Lipinski definition) is 1. The molecule has 0 spiro atoms. The van der Waals surface area contributed by atoms with Crippen LogP contribution in [0.3, 0.4) is 0 Å². The predicted molar refractivity (Wildman–Crippen MR) is 116 cm³/mol. The van der Waals surface area contributed by atoms with E-state index in [2.05, 4.69) is 23.5 Å². The fourth-order valence-electron chi connectivity index (χ4n) is 5.20. The minimum atomic E-state index is -0.372. The first kappa shape index (κ1) is 18.9. The van der Waals surface area contributed by atoms with Gasteiger partial charge in [-0.1, -0.05) is 36.4 Å². The van der Waals surface area contributed by atoms with Crippen molar-refractivity contribution in [2.24, 2.45) is 5.92 Å². The number of carbonyl (C=O) groups is 1. The SMILES string of the molecule is O=C(c1cccc2c1NC(c1ccc([N+](=O)[O-])cc1)C1CC=CC21)N1CCCCC1. The zero-order chi connectivity index (χ0) is 20.7. The van der Waals surface area contributed by atoms with Gasteiger partial charge >= 0.3 is 0 Å². The molecule has 154 valence electrons. The molecule has 1 fully saturated rings. The number of likely N-dealkylation sites (tertiary alicyclic amines) is 1. The molecule has 2 aliphatic heterocycles. The lowest BCUT2D eigenvalue weighted by molar-refractivity contribution is -0.384. The Morgan fingerprint density at radius 3 is 2.57 bits per heavy atom. The monoisotopic (exact) mass is 403 g/mol. The smallest absolute Gasteiger partial charge is 0.269 e. The van der Waals surface area contributed by atoms with Crippen molar-refractivity contribution in [1.82, 2.24) is 4.90 Å². The number of allylic oxidation sites excluding steroid dienone is 2. The molecule has 1 amide bonds. The molecule has 6 heteroatoms. The second-order valence-corrected chi connectivity index (χ2v) is 8.45. The Hall–Kier alpha value is -3.15. The highest BCUT2D eigenvalue weighted by atomic mass is 16.6. The van der Waals surface area contributed by atoms with Crippen LogP contribution in [0.25, 0.3) is 0 Å². The maximum atomic E-state index is 13.3. The molecule has 0 saturated carbocycles. The van der Waals surface area contributed by atoms with E-state index in [4.69, 9.17) is 0 Å². The first-order valence-electron chi connectivity index (χ1n) is 10.7. The van der Waals surface area contributed by atoms with Crippen LogP contribution >= 0.6 is 0 Å². The van der Waals surface area contributed by atoms with Crippen molar-refractivity contribution in [2.75, 3.05) is 18.4 Å². The standard InChI is InChI=1S/C24H25N3O3/c28-24(26-14-2-1-3-15-26)21-9-5-8-20-18-6-4-7-19(18)22(25-23(20)21)16-10-12-17(13-11-16)27(29)30/h4-6,8-13,18-19,22,25H,1-3,7,14-15H2. The van der Waals surface area contributed by atoms with Gasteiger partial charge in [-0.05, 0) is 48.8 Å². The number of nitrogens with zero attached hydrogens (tertiary/aromatic N) is 2. The number of benzene rings is 2. The molecule has 3 aliphatic rings. The van der Waals surface area contributed by atoms with E-state index >= 15 is 0 Å². The normalized spacial score (nSPS) is 24.7. The third kappa shape index (κ3) is 3.16. The Morgan fingerprint density at radius 1 is 1.07 bits per heavy atom. The first-order valence-corrected chi connectivity index (χ1v) is 10.7. The van der Waals surface area contributed by atoms with Crippen LogP contribution in [-0.4, -0.2) is 28.8 Å². The van der Waals surface area contributed by atoms with Gasteiger partial charge < -0.3 is 10.2 Å². The zero-order valence-corrected chi connectivity index (χ0v) is 16.8. The molecule has 1 saturated heterocycles. The lowest BCUT2D eigenvalue weighted by atomic mass is 9.76. The lowest BCUT2D eigenvalue weighted by Crippen LogP contribution is -2.37. The topological polar surface area (TPSA) is 75.5 Å². The number of hydrogen-bond acceptors (Lipinski definition) is 4. The van der Waals surface area contributed by atoms with Gasteiger partial charge in [0.05, 0.1) is 22.2 Å². The fraction of sp³-hybridized carbons (Fsp3) is 0.375. The molecule has 0 bridgehead atoms. The zero-order valence-electron chi connectivity index (χ0n) is 16.8. The van der Waals surface area contributed by atoms with E-state index in [9.17, 15) is 14.9 Å². The average molecular weight is 403 g/mol. The molecule has 6 nitrogen and oxygen atoms in total. The number of nitro groups is 1. The van der Waals surface area contributed by atoms with Crippen LogP contribution in [-0.2, 0) is 0 Å². The lowest BCUT2D eigenvalue weighted by Gasteiger charge is -2.39. The van der Waals surface area contributed by atoms with Crippen molar-refractivity contribution in [1.29, 1.82) is 0 Å². The molecule has 3 unspecified atom stereocenters. The summed E-state index contributed by atoms with van der Waals surface area (Å²) < 4.78 is 0. The molecular formula is C24H25N3O3. The van der Waals surface area contributed by atoms with Gasteiger partial charge in [-0.25, -0.2) is 0 Å². The Morgan fingerprint density at radius 2 is 1.83 bits per heavy atom. The number of rotatable bonds is 3. The third-order valence-corrected chi connectivity index (χ3v) is 6.73. The summed E-state index contributed by atoms with van der Waals surface area (Å²) in [6, 6.07) is 12.9. The largest absolute Gasteiger partial charge is 0.377 e. The van der Waals surface area contributed by atoms with Crippen molar-refractivity contribution in [3.05, 3.63) is 81.4 Å². The van der Waals surface area contributed by atoms with E-state index in [0.717, 1.165) is 49.2 Å². The summed E-state index contributed by atoms with van der Waals surface area (Å²) in [5.74, 6) is 0.678. The second-order valence-electron chi connectivity index (χ2n) is 8.45. The minimum Gasteiger partial charge on any atom is -0.377 e. The number of nitro benzene ring substituents is 1. The first-order chi connectivity index (χ1) is 14.6. The van der Waals surface area contributed by atoms with Gasteiger partial charge in [0.1, 0.15) is 0 Å². The van der Waals surface area contributed by atoms with Gasteiger partial charge in [0.15, 0.2) is 0 Å². The van der Waals surface area contributed by atoms with Crippen LogP contribution in [0.1, 0.15) is 59.1 Å². The van der Waals surface area contributed by atoms with Crippen molar-refractivity contribution in [2.45, 2.75) is 37.6 Å². The number of carbonyl (C=O) groups excluding carboxylic acids is 1. The van der Waals surface area contributed by atoms with Crippen molar-refractivity contribution < 1.29 is 9.72 Å². The summed E-state index contributed by atoms with van der Waals surface area (Å²) in [6.07, 6.45) is 8.72. The van der Waals surface area contributed by atoms with E-state index in [1.807, 2.05) is 29.2 Å². The Balaban J connectivity index is 1.52. The quantitative estimate of drug-likeness (QED) is 0.442. The molecule has 30 heavy (non-hydrogen) atoms. The maximum absolute atomic E-state index is 13.3. The molecule has 1 N–H and O–H groups in total. The summed E-state index contributed by atoms with van der Waals surface area (Å²) in [6.45, 7) is 1.64. The van der Waals surface area contributed by atoms with E-state index in [-0.39, 0.29) is 28.5 Å². The summed E-state index contributed by atoms with van der Waals surface area (Å²) in [5, 5.41) is 14.7. The molecule has 3 atom stereocenters. The Bertz CT molecular complexity index is 1010. The van der Waals surface area contributed by atoms with Gasteiger partial charge in [0.25, 0.3) is 11.6 Å². The highest BCUT2D eigenvalue weighted by Gasteiger charge is 2.39. The van der Waals surface area contributed by atoms with Crippen LogP contribution in [0, 0.1) is 16.0 Å². The molecule has 2 aromatic rings. The highest BCUT2D eigenvalue weighted by Crippen LogP contribution is 2.50. The van der Waals surface area contributed by atoms with Crippen molar-refractivity contribution >= 4 is 17.3 Å². The predicted octanol–water partition coefficient (Wildman–Crippen LogP) is 5.05. The molecule has 1 aliphatic carbocycles. The number of nitrogens with one attached hydrogen (secondary N) is 1. The number of non-ortho nitro benzene ring substituents is 1. The van der Waals surface area contributed by atoms with Crippen LogP contribution in [0.2, 0.25) is 0 Å². The Labute approximate surface area is 175 Å². The van der Waals surface area contributed by atoms with Crippen LogP contribution in [0.5, 0.6) is 0 Å². The van der Waals surface area contributed by atoms with Crippen molar-refractivity contribution in [3.8, 4) is 0 Å². The molecular weight excluding hydrogens is 378 g/mol. The molecule has 2 heterocycles. The summed E-state index contributed by atoms with van der Waals surface area (Å²) in [4.78, 5) is 26.0. The maximum Gasteiger partial charge on any atom is 0.269 e. The van der Waals surface area contributed by atoms with E-state index in [0.29, 0.717) is 5.92 Å². The molecule has 5 rings (SSSR count).